The number of aromatic nitrogens is 2. The summed E-state index contributed by atoms with van der Waals surface area (Å²) in [6.07, 6.45) is -6.75. The third-order valence-corrected chi connectivity index (χ3v) is 5.99. The molecular formula is C27H19F7N2O. The molecule has 0 radical (unpaired) electrons. The number of benzene rings is 2. The van der Waals surface area contributed by atoms with Crippen molar-refractivity contribution >= 4 is 0 Å². The van der Waals surface area contributed by atoms with Gasteiger partial charge >= 0.3 is 6.18 Å². The van der Waals surface area contributed by atoms with Gasteiger partial charge in [0.25, 0.3) is 0 Å². The molecule has 1 atom stereocenters. The molecule has 0 aliphatic heterocycles. The lowest BCUT2D eigenvalue weighted by molar-refractivity contribution is -0.142. The number of halogens is 7. The van der Waals surface area contributed by atoms with Crippen LogP contribution in [0.5, 0.6) is 0 Å². The van der Waals surface area contributed by atoms with Gasteiger partial charge < -0.3 is 5.11 Å². The first-order valence-corrected chi connectivity index (χ1v) is 10.9. The summed E-state index contributed by atoms with van der Waals surface area (Å²) in [6, 6.07) is 13.1. The van der Waals surface area contributed by atoms with E-state index in [-0.39, 0.29) is 22.6 Å². The maximum Gasteiger partial charge on any atom is 0.422 e. The predicted octanol–water partition coefficient (Wildman–Crippen LogP) is 7.13. The van der Waals surface area contributed by atoms with Crippen molar-refractivity contribution in [1.82, 2.24) is 9.97 Å². The van der Waals surface area contributed by atoms with E-state index in [4.69, 9.17) is 0 Å². The molecule has 2 aromatic heterocycles. The van der Waals surface area contributed by atoms with Crippen LogP contribution < -0.4 is 0 Å². The molecule has 0 amide bonds. The first-order valence-electron chi connectivity index (χ1n) is 10.9. The van der Waals surface area contributed by atoms with E-state index in [1.165, 1.54) is 18.2 Å². The highest BCUT2D eigenvalue weighted by atomic mass is 19.4. The van der Waals surface area contributed by atoms with Crippen LogP contribution >= 0.6 is 0 Å². The summed E-state index contributed by atoms with van der Waals surface area (Å²) in [4.78, 5) is 8.74. The van der Waals surface area contributed by atoms with Crippen molar-refractivity contribution in [3.05, 3.63) is 118 Å². The fourth-order valence-electron chi connectivity index (χ4n) is 3.91. The molecule has 1 unspecified atom stereocenters. The zero-order valence-corrected chi connectivity index (χ0v) is 19.4. The highest BCUT2D eigenvalue weighted by Gasteiger charge is 2.39. The van der Waals surface area contributed by atoms with Gasteiger partial charge in [0.1, 0.15) is 34.9 Å². The maximum absolute atomic E-state index is 14.7. The van der Waals surface area contributed by atoms with Crippen LogP contribution in [0.25, 0.3) is 11.3 Å². The Morgan fingerprint density at radius 1 is 0.757 bits per heavy atom. The molecule has 2 aromatic carbocycles. The van der Waals surface area contributed by atoms with Crippen molar-refractivity contribution in [3.8, 4) is 11.3 Å². The molecule has 0 bridgehead atoms. The van der Waals surface area contributed by atoms with Crippen LogP contribution in [0.15, 0.2) is 66.7 Å². The molecule has 0 aliphatic carbocycles. The number of rotatable bonds is 5. The highest BCUT2D eigenvalue weighted by Crippen LogP contribution is 2.38. The standard InChI is InChI=1S/C27H19F7N2O/c1-26(2,22-8-4-6-20(36-22)25(37)15-10-9-14(28)13-18(15)30)21-7-3-5-19(35-21)16-11-12-17(29)23(24(16)31)27(32,33)34/h3-13,25,37H,1-2H3. The van der Waals surface area contributed by atoms with E-state index in [1.54, 1.807) is 32.0 Å². The summed E-state index contributed by atoms with van der Waals surface area (Å²) in [5.41, 5.74) is -3.19. The Labute approximate surface area is 207 Å². The molecule has 4 rings (SSSR count). The molecule has 4 aromatic rings. The highest BCUT2D eigenvalue weighted by molar-refractivity contribution is 5.62. The molecule has 0 fully saturated rings. The topological polar surface area (TPSA) is 46.0 Å². The number of hydrogen-bond acceptors (Lipinski definition) is 3. The van der Waals surface area contributed by atoms with Gasteiger partial charge in [-0.3, -0.25) is 9.97 Å². The van der Waals surface area contributed by atoms with Gasteiger partial charge in [0, 0.05) is 22.6 Å². The summed E-state index contributed by atoms with van der Waals surface area (Å²) in [5.74, 6) is -5.27. The number of alkyl halides is 3. The smallest absolute Gasteiger partial charge is 0.382 e. The van der Waals surface area contributed by atoms with Gasteiger partial charge in [-0.05, 0) is 56.3 Å². The minimum absolute atomic E-state index is 0.0617. The monoisotopic (exact) mass is 520 g/mol. The molecule has 0 aliphatic rings. The average molecular weight is 520 g/mol. The van der Waals surface area contributed by atoms with Crippen LogP contribution in [-0.4, -0.2) is 15.1 Å². The molecule has 2 heterocycles. The van der Waals surface area contributed by atoms with E-state index in [0.717, 1.165) is 18.2 Å². The van der Waals surface area contributed by atoms with E-state index in [0.29, 0.717) is 17.8 Å². The fraction of sp³-hybridized carbons (Fsp3) is 0.185. The molecule has 10 heteroatoms. The summed E-state index contributed by atoms with van der Waals surface area (Å²) in [5, 5.41) is 10.7. The van der Waals surface area contributed by atoms with Gasteiger partial charge in [0.05, 0.1) is 22.8 Å². The quantitative estimate of drug-likeness (QED) is 0.285. The Balaban J connectivity index is 1.74. The molecule has 192 valence electrons. The first kappa shape index (κ1) is 26.3. The van der Waals surface area contributed by atoms with Gasteiger partial charge in [0.2, 0.25) is 0 Å². The normalized spacial score (nSPS) is 13.0. The Bertz CT molecular complexity index is 1470. The maximum atomic E-state index is 14.7. The van der Waals surface area contributed by atoms with Crippen LogP contribution in [-0.2, 0) is 11.6 Å². The van der Waals surface area contributed by atoms with Crippen LogP contribution in [0.2, 0.25) is 0 Å². The minimum Gasteiger partial charge on any atom is -0.382 e. The van der Waals surface area contributed by atoms with Crippen molar-refractivity contribution in [2.45, 2.75) is 31.5 Å². The number of nitrogens with zero attached hydrogens (tertiary/aromatic N) is 2. The lowest BCUT2D eigenvalue weighted by Crippen LogP contribution is -2.23. The Morgan fingerprint density at radius 3 is 2.05 bits per heavy atom. The van der Waals surface area contributed by atoms with Crippen LogP contribution in [0.4, 0.5) is 30.7 Å². The predicted molar refractivity (Wildman–Crippen MR) is 121 cm³/mol. The molecular weight excluding hydrogens is 501 g/mol. The van der Waals surface area contributed by atoms with Crippen molar-refractivity contribution in [2.75, 3.05) is 0 Å². The summed E-state index contributed by atoms with van der Waals surface area (Å²) in [7, 11) is 0. The van der Waals surface area contributed by atoms with E-state index in [2.05, 4.69) is 9.97 Å². The largest absolute Gasteiger partial charge is 0.422 e. The average Bonchev–Trinajstić information content (AvgIpc) is 2.83. The molecule has 0 saturated heterocycles. The second-order valence-electron chi connectivity index (χ2n) is 8.83. The summed E-state index contributed by atoms with van der Waals surface area (Å²) in [6.45, 7) is 3.39. The second kappa shape index (κ2) is 9.59. The fourth-order valence-corrected chi connectivity index (χ4v) is 3.91. The Morgan fingerprint density at radius 2 is 1.41 bits per heavy atom. The van der Waals surface area contributed by atoms with Crippen molar-refractivity contribution in [2.24, 2.45) is 0 Å². The van der Waals surface area contributed by atoms with Gasteiger partial charge in [0.15, 0.2) is 0 Å². The number of pyridine rings is 2. The van der Waals surface area contributed by atoms with Gasteiger partial charge in [-0.2, -0.15) is 13.2 Å². The Hall–Kier alpha value is -3.79. The molecule has 0 spiro atoms. The lowest BCUT2D eigenvalue weighted by Gasteiger charge is -2.25. The van der Waals surface area contributed by atoms with Gasteiger partial charge in [-0.1, -0.05) is 18.2 Å². The molecule has 0 saturated carbocycles. The van der Waals surface area contributed by atoms with Crippen molar-refractivity contribution in [3.63, 3.8) is 0 Å². The molecule has 3 nitrogen and oxygen atoms in total. The summed E-state index contributed by atoms with van der Waals surface area (Å²) >= 11 is 0. The summed E-state index contributed by atoms with van der Waals surface area (Å²) < 4.78 is 95.5. The van der Waals surface area contributed by atoms with Crippen molar-refractivity contribution < 1.29 is 35.8 Å². The zero-order valence-electron chi connectivity index (χ0n) is 19.4. The first-order chi connectivity index (χ1) is 17.3. The van der Waals surface area contributed by atoms with E-state index < -0.39 is 52.1 Å². The molecule has 1 N–H and O–H groups in total. The van der Waals surface area contributed by atoms with Crippen molar-refractivity contribution in [1.29, 1.82) is 0 Å². The van der Waals surface area contributed by atoms with Crippen LogP contribution in [0.1, 0.15) is 48.2 Å². The zero-order chi connectivity index (χ0) is 27.1. The number of hydrogen-bond donors (Lipinski definition) is 1. The van der Waals surface area contributed by atoms with Crippen LogP contribution in [0, 0.1) is 23.3 Å². The minimum atomic E-state index is -5.24. The van der Waals surface area contributed by atoms with Crippen LogP contribution in [0.3, 0.4) is 0 Å². The van der Waals surface area contributed by atoms with E-state index in [9.17, 15) is 35.8 Å². The molecule has 37 heavy (non-hydrogen) atoms. The lowest BCUT2D eigenvalue weighted by atomic mass is 9.84. The SMILES string of the molecule is CC(C)(c1cccc(-c2ccc(F)c(C(F)(F)F)c2F)n1)c1cccc(C(O)c2ccc(F)cc2F)n1. The van der Waals surface area contributed by atoms with E-state index >= 15 is 0 Å². The third kappa shape index (κ3) is 5.06. The number of aliphatic hydroxyl groups excluding tert-OH is 1. The van der Waals surface area contributed by atoms with Gasteiger partial charge in [-0.15, -0.1) is 0 Å². The van der Waals surface area contributed by atoms with Gasteiger partial charge in [-0.25, -0.2) is 17.6 Å². The second-order valence-corrected chi connectivity index (χ2v) is 8.83. The third-order valence-electron chi connectivity index (χ3n) is 5.99. The number of aliphatic hydroxyl groups is 1. The Kier molecular flexibility index (Phi) is 6.81. The van der Waals surface area contributed by atoms with E-state index in [1.807, 2.05) is 0 Å².